The second kappa shape index (κ2) is 4.42. The van der Waals surface area contributed by atoms with Gasteiger partial charge in [-0.1, -0.05) is 12.1 Å². The highest BCUT2D eigenvalue weighted by molar-refractivity contribution is 14.1. The smallest absolute Gasteiger partial charge is 0.105 e. The van der Waals surface area contributed by atoms with Crippen LogP contribution in [0.5, 0.6) is 0 Å². The van der Waals surface area contributed by atoms with Crippen LogP contribution in [0.1, 0.15) is 17.2 Å². The average molecular weight is 316 g/mol. The van der Waals surface area contributed by atoms with Crippen molar-refractivity contribution in [3.8, 4) is 0 Å². The van der Waals surface area contributed by atoms with Crippen molar-refractivity contribution in [2.75, 3.05) is 0 Å². The Labute approximate surface area is 101 Å². The second-order valence-corrected chi connectivity index (χ2v) is 5.04. The van der Waals surface area contributed by atoms with Gasteiger partial charge in [-0.05, 0) is 62.7 Å². The van der Waals surface area contributed by atoms with E-state index in [0.29, 0.717) is 0 Å². The molecule has 2 rings (SSSR count). The second-order valence-electron chi connectivity index (χ2n) is 3.01. The minimum Gasteiger partial charge on any atom is -0.384 e. The van der Waals surface area contributed by atoms with Gasteiger partial charge in [0.1, 0.15) is 6.10 Å². The van der Waals surface area contributed by atoms with Crippen molar-refractivity contribution >= 4 is 33.9 Å². The molecule has 0 radical (unpaired) electrons. The monoisotopic (exact) mass is 316 g/mol. The topological polar surface area (TPSA) is 20.2 Å². The summed E-state index contributed by atoms with van der Waals surface area (Å²) in [5, 5.41) is 14.0. The molecule has 0 spiro atoms. The molecule has 2 aromatic rings. The fraction of sp³-hybridized carbons (Fsp3) is 0.0909. The van der Waals surface area contributed by atoms with Crippen LogP contribution in [0.4, 0.5) is 0 Å². The van der Waals surface area contributed by atoms with Crippen LogP contribution in [-0.2, 0) is 0 Å². The van der Waals surface area contributed by atoms with Gasteiger partial charge in [0, 0.05) is 3.57 Å². The number of thiophene rings is 1. The van der Waals surface area contributed by atoms with Gasteiger partial charge in [-0.2, -0.15) is 11.3 Å². The van der Waals surface area contributed by atoms with Crippen molar-refractivity contribution in [3.63, 3.8) is 0 Å². The summed E-state index contributed by atoms with van der Waals surface area (Å²) in [7, 11) is 0. The molecule has 0 saturated heterocycles. The summed E-state index contributed by atoms with van der Waals surface area (Å²) in [4.78, 5) is 0. The van der Waals surface area contributed by atoms with E-state index in [1.165, 1.54) is 0 Å². The molecule has 1 atom stereocenters. The average Bonchev–Trinajstić information content (AvgIpc) is 2.69. The maximum Gasteiger partial charge on any atom is 0.105 e. The maximum atomic E-state index is 10.0. The molecule has 3 heteroatoms. The Morgan fingerprint density at radius 1 is 1.21 bits per heavy atom. The van der Waals surface area contributed by atoms with Crippen LogP contribution in [0.3, 0.4) is 0 Å². The van der Waals surface area contributed by atoms with Gasteiger partial charge in [0.25, 0.3) is 0 Å². The number of hydrogen-bond acceptors (Lipinski definition) is 2. The quantitative estimate of drug-likeness (QED) is 0.842. The number of aliphatic hydroxyl groups is 1. The van der Waals surface area contributed by atoms with E-state index in [9.17, 15) is 5.11 Å². The Kier molecular flexibility index (Phi) is 3.20. The Morgan fingerprint density at radius 3 is 2.71 bits per heavy atom. The third-order valence-corrected chi connectivity index (χ3v) is 3.40. The molecule has 1 heterocycles. The highest BCUT2D eigenvalue weighted by Gasteiger charge is 2.10. The van der Waals surface area contributed by atoms with Crippen LogP contribution in [0.25, 0.3) is 0 Å². The van der Waals surface area contributed by atoms with Crippen molar-refractivity contribution in [1.29, 1.82) is 0 Å². The van der Waals surface area contributed by atoms with E-state index in [1.807, 2.05) is 41.1 Å². The minimum absolute atomic E-state index is 0.490. The first kappa shape index (κ1) is 10.1. The van der Waals surface area contributed by atoms with E-state index in [-0.39, 0.29) is 0 Å². The highest BCUT2D eigenvalue weighted by atomic mass is 127. The van der Waals surface area contributed by atoms with Gasteiger partial charge in [0.05, 0.1) is 0 Å². The van der Waals surface area contributed by atoms with Gasteiger partial charge in [0.2, 0.25) is 0 Å². The molecule has 0 aliphatic carbocycles. The molecule has 0 amide bonds. The molecule has 14 heavy (non-hydrogen) atoms. The molecule has 72 valence electrons. The van der Waals surface area contributed by atoms with E-state index in [0.717, 1.165) is 14.7 Å². The Bertz CT molecular complexity index is 411. The van der Waals surface area contributed by atoms with E-state index in [4.69, 9.17) is 0 Å². The van der Waals surface area contributed by atoms with Crippen LogP contribution in [0.15, 0.2) is 41.1 Å². The van der Waals surface area contributed by atoms with E-state index < -0.39 is 6.10 Å². The maximum absolute atomic E-state index is 10.0. The van der Waals surface area contributed by atoms with E-state index in [2.05, 4.69) is 22.6 Å². The lowest BCUT2D eigenvalue weighted by atomic mass is 10.1. The van der Waals surface area contributed by atoms with Crippen LogP contribution >= 0.6 is 33.9 Å². The first-order valence-electron chi connectivity index (χ1n) is 4.23. The molecular weight excluding hydrogens is 307 g/mol. The number of halogens is 1. The molecule has 0 aliphatic rings. The lowest BCUT2D eigenvalue weighted by molar-refractivity contribution is 0.221. The van der Waals surface area contributed by atoms with Gasteiger partial charge in [-0.15, -0.1) is 0 Å². The first-order chi connectivity index (χ1) is 6.77. The van der Waals surface area contributed by atoms with Gasteiger partial charge < -0.3 is 5.11 Å². The van der Waals surface area contributed by atoms with E-state index >= 15 is 0 Å². The molecule has 1 N–H and O–H groups in total. The van der Waals surface area contributed by atoms with Crippen molar-refractivity contribution < 1.29 is 5.11 Å². The fourth-order valence-corrected chi connectivity index (χ4v) is 2.55. The molecule has 1 nitrogen and oxygen atoms in total. The molecule has 0 saturated carbocycles. The van der Waals surface area contributed by atoms with Crippen molar-refractivity contribution in [1.82, 2.24) is 0 Å². The SMILES string of the molecule is OC(c1ccsc1)c1cccc(I)c1. The molecule has 1 aromatic heterocycles. The summed E-state index contributed by atoms with van der Waals surface area (Å²) in [6.07, 6.45) is -0.490. The predicted octanol–water partition coefficient (Wildman–Crippen LogP) is 3.43. The lowest BCUT2D eigenvalue weighted by Gasteiger charge is -2.09. The fourth-order valence-electron chi connectivity index (χ4n) is 1.30. The summed E-state index contributed by atoms with van der Waals surface area (Å²) < 4.78 is 1.15. The zero-order valence-corrected chi connectivity index (χ0v) is 10.3. The van der Waals surface area contributed by atoms with Crippen LogP contribution in [0.2, 0.25) is 0 Å². The molecule has 0 fully saturated rings. The number of rotatable bonds is 2. The van der Waals surface area contributed by atoms with Crippen LogP contribution < -0.4 is 0 Å². The summed E-state index contributed by atoms with van der Waals surface area (Å²) in [6.45, 7) is 0. The summed E-state index contributed by atoms with van der Waals surface area (Å²) in [5.41, 5.74) is 1.92. The number of aliphatic hydroxyl groups excluding tert-OH is 1. The summed E-state index contributed by atoms with van der Waals surface area (Å²) >= 11 is 3.85. The third kappa shape index (κ3) is 2.16. The molecule has 0 bridgehead atoms. The number of hydrogen-bond donors (Lipinski definition) is 1. The van der Waals surface area contributed by atoms with Gasteiger partial charge in [0.15, 0.2) is 0 Å². The molecule has 0 aliphatic heterocycles. The Morgan fingerprint density at radius 2 is 2.07 bits per heavy atom. The molecule has 1 unspecified atom stereocenters. The van der Waals surface area contributed by atoms with Gasteiger partial charge in [-0.25, -0.2) is 0 Å². The van der Waals surface area contributed by atoms with Crippen molar-refractivity contribution in [2.24, 2.45) is 0 Å². The number of benzene rings is 1. The zero-order valence-electron chi connectivity index (χ0n) is 7.35. The Hall–Kier alpha value is -0.390. The van der Waals surface area contributed by atoms with Gasteiger partial charge in [-0.3, -0.25) is 0 Å². The Balaban J connectivity index is 2.32. The summed E-state index contributed by atoms with van der Waals surface area (Å²) in [5.74, 6) is 0. The molecular formula is C11H9IOS. The standard InChI is InChI=1S/C11H9IOS/c12-10-3-1-2-8(6-10)11(13)9-4-5-14-7-9/h1-7,11,13H. The third-order valence-electron chi connectivity index (χ3n) is 2.02. The highest BCUT2D eigenvalue weighted by Crippen LogP contribution is 2.24. The van der Waals surface area contributed by atoms with Gasteiger partial charge >= 0.3 is 0 Å². The summed E-state index contributed by atoms with van der Waals surface area (Å²) in [6, 6.07) is 9.89. The largest absolute Gasteiger partial charge is 0.384 e. The van der Waals surface area contributed by atoms with E-state index in [1.54, 1.807) is 11.3 Å². The normalized spacial score (nSPS) is 12.7. The molecule has 1 aromatic carbocycles. The lowest BCUT2D eigenvalue weighted by Crippen LogP contribution is -1.97. The zero-order chi connectivity index (χ0) is 9.97. The van der Waals surface area contributed by atoms with Crippen molar-refractivity contribution in [2.45, 2.75) is 6.10 Å². The minimum atomic E-state index is -0.490. The first-order valence-corrected chi connectivity index (χ1v) is 6.25. The van der Waals surface area contributed by atoms with Crippen molar-refractivity contribution in [3.05, 3.63) is 55.8 Å². The van der Waals surface area contributed by atoms with Crippen LogP contribution in [-0.4, -0.2) is 5.11 Å². The predicted molar refractivity (Wildman–Crippen MR) is 67.5 cm³/mol. The van der Waals surface area contributed by atoms with Crippen LogP contribution in [0, 0.1) is 3.57 Å².